The quantitative estimate of drug-likeness (QED) is 0.684. The summed E-state index contributed by atoms with van der Waals surface area (Å²) in [5.41, 5.74) is 2.67. The van der Waals surface area contributed by atoms with Crippen LogP contribution >= 0.6 is 34.5 Å². The molecule has 1 amide bonds. The Kier molecular flexibility index (Phi) is 4.96. The van der Waals surface area contributed by atoms with Crippen LogP contribution in [0.4, 0.5) is 5.13 Å². The van der Waals surface area contributed by atoms with Gasteiger partial charge in [0.05, 0.1) is 22.2 Å². The number of anilines is 1. The average molecular weight is 363 g/mol. The van der Waals surface area contributed by atoms with E-state index < -0.39 is 0 Å². The van der Waals surface area contributed by atoms with E-state index in [1.807, 2.05) is 35.7 Å². The Bertz CT molecular complexity index is 834. The Balaban J connectivity index is 1.66. The Morgan fingerprint density at radius 1 is 1.09 bits per heavy atom. The molecule has 0 aliphatic rings. The van der Waals surface area contributed by atoms with E-state index in [0.717, 1.165) is 16.8 Å². The van der Waals surface area contributed by atoms with Gasteiger partial charge in [0.15, 0.2) is 5.13 Å². The fraction of sp³-hybridized carbons (Fsp3) is 0.0588. The van der Waals surface area contributed by atoms with Gasteiger partial charge in [0.1, 0.15) is 0 Å². The van der Waals surface area contributed by atoms with Gasteiger partial charge >= 0.3 is 0 Å². The number of nitrogens with zero attached hydrogens (tertiary/aromatic N) is 1. The van der Waals surface area contributed by atoms with Crippen LogP contribution in [-0.2, 0) is 11.2 Å². The fourth-order valence-corrected chi connectivity index (χ4v) is 3.13. The highest BCUT2D eigenvalue weighted by Crippen LogP contribution is 2.25. The summed E-state index contributed by atoms with van der Waals surface area (Å²) >= 11 is 13.2. The van der Waals surface area contributed by atoms with Crippen LogP contribution in [0.3, 0.4) is 0 Å². The average Bonchev–Trinajstić information content (AvgIpc) is 3.00. The van der Waals surface area contributed by atoms with E-state index in [-0.39, 0.29) is 12.3 Å². The first kappa shape index (κ1) is 16.0. The molecule has 0 fully saturated rings. The monoisotopic (exact) mass is 362 g/mol. The fourth-order valence-electron chi connectivity index (χ4n) is 2.07. The number of carbonyl (C=O) groups is 1. The number of hydrogen-bond donors (Lipinski definition) is 1. The van der Waals surface area contributed by atoms with Gasteiger partial charge in [0.25, 0.3) is 0 Å². The number of halogens is 2. The number of benzene rings is 2. The summed E-state index contributed by atoms with van der Waals surface area (Å²) in [5, 5.41) is 6.22. The minimum Gasteiger partial charge on any atom is -0.302 e. The van der Waals surface area contributed by atoms with Crippen molar-refractivity contribution >= 4 is 45.6 Å². The molecule has 6 heteroatoms. The second kappa shape index (κ2) is 7.13. The topological polar surface area (TPSA) is 42.0 Å². The van der Waals surface area contributed by atoms with Gasteiger partial charge in [-0.05, 0) is 17.7 Å². The normalized spacial score (nSPS) is 10.5. The first-order chi connectivity index (χ1) is 11.1. The zero-order valence-electron chi connectivity index (χ0n) is 11.9. The summed E-state index contributed by atoms with van der Waals surface area (Å²) in [7, 11) is 0. The second-order valence-electron chi connectivity index (χ2n) is 4.88. The number of rotatable bonds is 4. The molecule has 0 spiro atoms. The van der Waals surface area contributed by atoms with Crippen molar-refractivity contribution in [2.45, 2.75) is 6.42 Å². The van der Waals surface area contributed by atoms with E-state index in [9.17, 15) is 4.79 Å². The molecule has 0 saturated carbocycles. The van der Waals surface area contributed by atoms with Gasteiger partial charge in [-0.2, -0.15) is 0 Å². The van der Waals surface area contributed by atoms with Gasteiger partial charge in [-0.25, -0.2) is 4.98 Å². The van der Waals surface area contributed by atoms with Crippen LogP contribution in [0.25, 0.3) is 11.3 Å². The Hall–Kier alpha value is -1.88. The van der Waals surface area contributed by atoms with Crippen molar-refractivity contribution in [3.8, 4) is 11.3 Å². The predicted molar refractivity (Wildman–Crippen MR) is 96.3 cm³/mol. The van der Waals surface area contributed by atoms with E-state index >= 15 is 0 Å². The number of thiazole rings is 1. The van der Waals surface area contributed by atoms with Crippen molar-refractivity contribution in [1.82, 2.24) is 4.98 Å². The van der Waals surface area contributed by atoms with Gasteiger partial charge < -0.3 is 5.32 Å². The smallest absolute Gasteiger partial charge is 0.230 e. The molecule has 0 radical (unpaired) electrons. The standard InChI is InChI=1S/C17H12Cl2N2OS/c18-13-7-6-11(8-14(13)19)9-16(22)21-17-20-15(10-23-17)12-4-2-1-3-5-12/h1-8,10H,9H2,(H,20,21,22). The summed E-state index contributed by atoms with van der Waals surface area (Å²) in [6.45, 7) is 0. The summed E-state index contributed by atoms with van der Waals surface area (Å²) in [6, 6.07) is 15.0. The Labute approximate surface area is 147 Å². The molecule has 0 atom stereocenters. The third-order valence-corrected chi connectivity index (χ3v) is 4.67. The Morgan fingerprint density at radius 2 is 1.87 bits per heavy atom. The minimum atomic E-state index is -0.141. The zero-order valence-corrected chi connectivity index (χ0v) is 14.3. The van der Waals surface area contributed by atoms with Gasteiger partial charge in [0.2, 0.25) is 5.91 Å². The largest absolute Gasteiger partial charge is 0.302 e. The van der Waals surface area contributed by atoms with Crippen LogP contribution in [0, 0.1) is 0 Å². The second-order valence-corrected chi connectivity index (χ2v) is 6.55. The van der Waals surface area contributed by atoms with E-state index in [1.165, 1.54) is 11.3 Å². The molecule has 0 aliphatic heterocycles. The van der Waals surface area contributed by atoms with E-state index in [4.69, 9.17) is 23.2 Å². The molecule has 3 rings (SSSR count). The van der Waals surface area contributed by atoms with Gasteiger partial charge in [0, 0.05) is 10.9 Å². The predicted octanol–water partition coefficient (Wildman–Crippen LogP) is 5.30. The number of nitrogens with one attached hydrogen (secondary N) is 1. The maximum Gasteiger partial charge on any atom is 0.230 e. The highest BCUT2D eigenvalue weighted by Gasteiger charge is 2.09. The third-order valence-electron chi connectivity index (χ3n) is 3.17. The highest BCUT2D eigenvalue weighted by atomic mass is 35.5. The third kappa shape index (κ3) is 4.10. The molecule has 116 valence electrons. The molecular weight excluding hydrogens is 351 g/mol. The molecule has 0 saturated heterocycles. The van der Waals surface area contributed by atoms with Crippen LogP contribution in [0.5, 0.6) is 0 Å². The molecule has 3 nitrogen and oxygen atoms in total. The van der Waals surface area contributed by atoms with Crippen molar-refractivity contribution in [1.29, 1.82) is 0 Å². The number of carbonyl (C=O) groups excluding carboxylic acids is 1. The van der Waals surface area contributed by atoms with Crippen molar-refractivity contribution in [3.63, 3.8) is 0 Å². The first-order valence-corrected chi connectivity index (χ1v) is 8.50. The summed E-state index contributed by atoms with van der Waals surface area (Å²) in [5.74, 6) is -0.141. The SMILES string of the molecule is O=C(Cc1ccc(Cl)c(Cl)c1)Nc1nc(-c2ccccc2)cs1. The Morgan fingerprint density at radius 3 is 2.61 bits per heavy atom. The molecule has 0 bridgehead atoms. The number of aromatic nitrogens is 1. The zero-order chi connectivity index (χ0) is 16.2. The van der Waals surface area contributed by atoms with Crippen molar-refractivity contribution in [2.24, 2.45) is 0 Å². The van der Waals surface area contributed by atoms with Crippen LogP contribution in [0.15, 0.2) is 53.9 Å². The molecule has 0 unspecified atom stereocenters. The maximum absolute atomic E-state index is 12.1. The molecule has 1 aromatic heterocycles. The van der Waals surface area contributed by atoms with Gasteiger partial charge in [-0.3, -0.25) is 4.79 Å². The maximum atomic E-state index is 12.1. The first-order valence-electron chi connectivity index (χ1n) is 6.86. The van der Waals surface area contributed by atoms with Gasteiger partial charge in [-0.1, -0.05) is 59.6 Å². The number of amides is 1. The summed E-state index contributed by atoms with van der Waals surface area (Å²) < 4.78 is 0. The molecule has 1 N–H and O–H groups in total. The molecule has 2 aromatic carbocycles. The van der Waals surface area contributed by atoms with Crippen LogP contribution in [0.2, 0.25) is 10.0 Å². The molecule has 1 heterocycles. The van der Waals surface area contributed by atoms with E-state index in [2.05, 4.69) is 10.3 Å². The molecular formula is C17H12Cl2N2OS. The molecule has 0 aliphatic carbocycles. The lowest BCUT2D eigenvalue weighted by Crippen LogP contribution is -2.14. The lowest BCUT2D eigenvalue weighted by molar-refractivity contribution is -0.115. The summed E-state index contributed by atoms with van der Waals surface area (Å²) in [6.07, 6.45) is 0.219. The molecule has 3 aromatic rings. The van der Waals surface area contributed by atoms with E-state index in [0.29, 0.717) is 15.2 Å². The van der Waals surface area contributed by atoms with Crippen LogP contribution in [-0.4, -0.2) is 10.9 Å². The summed E-state index contributed by atoms with van der Waals surface area (Å²) in [4.78, 5) is 16.5. The van der Waals surface area contributed by atoms with Crippen molar-refractivity contribution < 1.29 is 4.79 Å². The van der Waals surface area contributed by atoms with E-state index in [1.54, 1.807) is 18.2 Å². The van der Waals surface area contributed by atoms with Crippen molar-refractivity contribution in [3.05, 3.63) is 69.5 Å². The number of hydrogen-bond acceptors (Lipinski definition) is 3. The van der Waals surface area contributed by atoms with Gasteiger partial charge in [-0.15, -0.1) is 11.3 Å². The lowest BCUT2D eigenvalue weighted by atomic mass is 10.1. The van der Waals surface area contributed by atoms with Crippen LogP contribution in [0.1, 0.15) is 5.56 Å². The minimum absolute atomic E-state index is 0.141. The lowest BCUT2D eigenvalue weighted by Gasteiger charge is -2.03. The highest BCUT2D eigenvalue weighted by molar-refractivity contribution is 7.14. The van der Waals surface area contributed by atoms with Crippen LogP contribution < -0.4 is 5.32 Å². The van der Waals surface area contributed by atoms with Crippen molar-refractivity contribution in [2.75, 3.05) is 5.32 Å². The molecule has 23 heavy (non-hydrogen) atoms.